The Hall–Kier alpha value is -0.0800. The number of rotatable bonds is 5. The van der Waals surface area contributed by atoms with Gasteiger partial charge in [-0.15, -0.1) is 0 Å². The van der Waals surface area contributed by atoms with Gasteiger partial charge in [0, 0.05) is 12.1 Å². The maximum Gasteiger partial charge on any atom is 0.0695 e. The van der Waals surface area contributed by atoms with Crippen LogP contribution in [-0.2, 0) is 0 Å². The first-order valence-electron chi connectivity index (χ1n) is 6.76. The van der Waals surface area contributed by atoms with Gasteiger partial charge >= 0.3 is 0 Å². The smallest absolute Gasteiger partial charge is 0.0695 e. The second-order valence-electron chi connectivity index (χ2n) is 5.24. The van der Waals surface area contributed by atoms with E-state index >= 15 is 0 Å². The molecular formula is C13H25NO. The van der Waals surface area contributed by atoms with E-state index in [2.05, 4.69) is 11.8 Å². The molecule has 2 fully saturated rings. The van der Waals surface area contributed by atoms with Gasteiger partial charge in [-0.3, -0.25) is 4.90 Å². The molecule has 2 aliphatic rings. The fourth-order valence-corrected chi connectivity index (χ4v) is 2.84. The van der Waals surface area contributed by atoms with Crippen molar-refractivity contribution in [1.82, 2.24) is 4.90 Å². The van der Waals surface area contributed by atoms with Crippen molar-refractivity contribution in [3.8, 4) is 0 Å². The highest BCUT2D eigenvalue weighted by atomic mass is 16.3. The number of hydrogen-bond donors (Lipinski definition) is 1. The summed E-state index contributed by atoms with van der Waals surface area (Å²) in [5.41, 5.74) is 0. The first kappa shape index (κ1) is 11.4. The lowest BCUT2D eigenvalue weighted by atomic mass is 9.91. The molecule has 0 saturated heterocycles. The molecule has 0 bridgehead atoms. The molecule has 15 heavy (non-hydrogen) atoms. The molecular weight excluding hydrogens is 186 g/mol. The molecule has 0 aromatic rings. The van der Waals surface area contributed by atoms with Crippen molar-refractivity contribution in [2.24, 2.45) is 0 Å². The summed E-state index contributed by atoms with van der Waals surface area (Å²) in [5.74, 6) is 0. The number of nitrogens with zero attached hydrogens (tertiary/aromatic N) is 1. The van der Waals surface area contributed by atoms with Crippen LogP contribution in [0.5, 0.6) is 0 Å². The van der Waals surface area contributed by atoms with E-state index in [0.29, 0.717) is 6.04 Å². The summed E-state index contributed by atoms with van der Waals surface area (Å²) >= 11 is 0. The van der Waals surface area contributed by atoms with Gasteiger partial charge in [0.1, 0.15) is 0 Å². The van der Waals surface area contributed by atoms with Crippen molar-refractivity contribution < 1.29 is 5.11 Å². The number of hydrogen-bond acceptors (Lipinski definition) is 2. The highest BCUT2D eigenvalue weighted by Crippen LogP contribution is 2.33. The van der Waals surface area contributed by atoms with Crippen LogP contribution in [0.15, 0.2) is 0 Å². The van der Waals surface area contributed by atoms with Crippen LogP contribution >= 0.6 is 0 Å². The summed E-state index contributed by atoms with van der Waals surface area (Å²) in [6.45, 7) is 3.46. The van der Waals surface area contributed by atoms with E-state index in [4.69, 9.17) is 0 Å². The van der Waals surface area contributed by atoms with Crippen LogP contribution in [0, 0.1) is 0 Å². The summed E-state index contributed by atoms with van der Waals surface area (Å²) in [7, 11) is 0. The van der Waals surface area contributed by atoms with Gasteiger partial charge in [0.15, 0.2) is 0 Å². The van der Waals surface area contributed by atoms with Crippen LogP contribution in [0.2, 0.25) is 0 Å². The Balaban J connectivity index is 1.89. The first-order chi connectivity index (χ1) is 7.33. The fourth-order valence-electron chi connectivity index (χ4n) is 2.84. The van der Waals surface area contributed by atoms with Crippen LogP contribution in [-0.4, -0.2) is 34.7 Å². The van der Waals surface area contributed by atoms with Crippen molar-refractivity contribution in [2.75, 3.05) is 6.54 Å². The topological polar surface area (TPSA) is 23.5 Å². The molecule has 1 N–H and O–H groups in total. The Morgan fingerprint density at radius 1 is 1.13 bits per heavy atom. The molecule has 0 aromatic carbocycles. The van der Waals surface area contributed by atoms with Crippen LogP contribution in [0.1, 0.15) is 58.3 Å². The minimum Gasteiger partial charge on any atom is -0.391 e. The van der Waals surface area contributed by atoms with E-state index in [1.807, 2.05) is 0 Å². The summed E-state index contributed by atoms with van der Waals surface area (Å²) in [5, 5.41) is 10.1. The standard InChI is InChI=1S/C13H25NO/c1-2-3-10-14(11-8-9-11)12-6-4-5-7-13(12)15/h11-13,15H,2-10H2,1H3/t12-,13-/m1/s1. The van der Waals surface area contributed by atoms with Crippen LogP contribution < -0.4 is 0 Å². The molecule has 0 spiro atoms. The quantitative estimate of drug-likeness (QED) is 0.755. The maximum absolute atomic E-state index is 10.1. The van der Waals surface area contributed by atoms with Gasteiger partial charge in [0.05, 0.1) is 6.10 Å². The zero-order valence-corrected chi connectivity index (χ0v) is 9.99. The molecule has 88 valence electrons. The van der Waals surface area contributed by atoms with Crippen molar-refractivity contribution in [2.45, 2.75) is 76.5 Å². The lowest BCUT2D eigenvalue weighted by molar-refractivity contribution is 0.0148. The lowest BCUT2D eigenvalue weighted by Gasteiger charge is -2.38. The van der Waals surface area contributed by atoms with Crippen LogP contribution in [0.25, 0.3) is 0 Å². The second kappa shape index (κ2) is 5.31. The van der Waals surface area contributed by atoms with E-state index in [-0.39, 0.29) is 6.10 Å². The summed E-state index contributed by atoms with van der Waals surface area (Å²) in [6, 6.07) is 1.30. The van der Waals surface area contributed by atoms with Gasteiger partial charge in [-0.1, -0.05) is 26.2 Å². The SMILES string of the molecule is CCCCN(C1CC1)[C@@H]1CCCC[C@H]1O. The van der Waals surface area contributed by atoms with Crippen LogP contribution in [0.4, 0.5) is 0 Å². The predicted octanol–water partition coefficient (Wildman–Crippen LogP) is 2.55. The van der Waals surface area contributed by atoms with Gasteiger partial charge in [0.2, 0.25) is 0 Å². The Morgan fingerprint density at radius 2 is 1.87 bits per heavy atom. The molecule has 2 nitrogen and oxygen atoms in total. The highest BCUT2D eigenvalue weighted by molar-refractivity contribution is 4.92. The van der Waals surface area contributed by atoms with E-state index in [1.165, 1.54) is 51.5 Å². The summed E-state index contributed by atoms with van der Waals surface area (Å²) in [4.78, 5) is 2.62. The molecule has 2 saturated carbocycles. The molecule has 0 aromatic heterocycles. The molecule has 2 atom stereocenters. The van der Waals surface area contributed by atoms with E-state index in [1.54, 1.807) is 0 Å². The van der Waals surface area contributed by atoms with Gasteiger partial charge in [-0.05, 0) is 38.6 Å². The average Bonchev–Trinajstić information content (AvgIpc) is 3.05. The minimum atomic E-state index is -0.0452. The Bertz CT molecular complexity index is 191. The third-order valence-corrected chi connectivity index (χ3v) is 3.91. The van der Waals surface area contributed by atoms with Crippen molar-refractivity contribution in [3.05, 3.63) is 0 Å². The highest BCUT2D eigenvalue weighted by Gasteiger charge is 2.37. The molecule has 0 amide bonds. The lowest BCUT2D eigenvalue weighted by Crippen LogP contribution is -2.47. The van der Waals surface area contributed by atoms with E-state index < -0.39 is 0 Å². The van der Waals surface area contributed by atoms with Gasteiger partial charge in [-0.2, -0.15) is 0 Å². The summed E-state index contributed by atoms with van der Waals surface area (Å²) < 4.78 is 0. The zero-order chi connectivity index (χ0) is 10.7. The van der Waals surface area contributed by atoms with E-state index in [0.717, 1.165) is 12.5 Å². The first-order valence-corrected chi connectivity index (χ1v) is 6.76. The molecule has 0 radical (unpaired) electrons. The molecule has 0 aliphatic heterocycles. The number of unbranched alkanes of at least 4 members (excludes halogenated alkanes) is 1. The van der Waals surface area contributed by atoms with Crippen molar-refractivity contribution in [3.63, 3.8) is 0 Å². The Morgan fingerprint density at radius 3 is 2.47 bits per heavy atom. The molecule has 0 heterocycles. The fraction of sp³-hybridized carbons (Fsp3) is 1.00. The van der Waals surface area contributed by atoms with Crippen molar-refractivity contribution in [1.29, 1.82) is 0 Å². The monoisotopic (exact) mass is 211 g/mol. The van der Waals surface area contributed by atoms with Gasteiger partial charge in [-0.25, -0.2) is 0 Å². The average molecular weight is 211 g/mol. The van der Waals surface area contributed by atoms with Crippen molar-refractivity contribution >= 4 is 0 Å². The minimum absolute atomic E-state index is 0.0452. The Kier molecular flexibility index (Phi) is 4.04. The van der Waals surface area contributed by atoms with E-state index in [9.17, 15) is 5.11 Å². The largest absolute Gasteiger partial charge is 0.391 e. The third kappa shape index (κ3) is 2.94. The normalized spacial score (nSPS) is 32.2. The summed E-state index contributed by atoms with van der Waals surface area (Å²) in [6.07, 6.45) is 10.0. The molecule has 2 aliphatic carbocycles. The Labute approximate surface area is 93.7 Å². The van der Waals surface area contributed by atoms with Crippen LogP contribution in [0.3, 0.4) is 0 Å². The number of aliphatic hydroxyl groups excluding tert-OH is 1. The van der Waals surface area contributed by atoms with Gasteiger partial charge < -0.3 is 5.11 Å². The molecule has 2 heteroatoms. The maximum atomic E-state index is 10.1. The second-order valence-corrected chi connectivity index (χ2v) is 5.24. The number of aliphatic hydroxyl groups is 1. The molecule has 0 unspecified atom stereocenters. The predicted molar refractivity (Wildman–Crippen MR) is 62.9 cm³/mol. The molecule has 2 rings (SSSR count). The zero-order valence-electron chi connectivity index (χ0n) is 9.99. The third-order valence-electron chi connectivity index (χ3n) is 3.91. The van der Waals surface area contributed by atoms with Gasteiger partial charge in [0.25, 0.3) is 0 Å².